The van der Waals surface area contributed by atoms with Crippen LogP contribution < -0.4 is 4.74 Å². The van der Waals surface area contributed by atoms with Crippen molar-refractivity contribution in [2.75, 3.05) is 20.2 Å². The molecular weight excluding hydrogens is 346 g/mol. The molecule has 0 aliphatic carbocycles. The van der Waals surface area contributed by atoms with Crippen molar-refractivity contribution in [2.45, 2.75) is 45.3 Å². The monoisotopic (exact) mass is 369 g/mol. The first kappa shape index (κ1) is 19.4. The van der Waals surface area contributed by atoms with Crippen LogP contribution in [0.3, 0.4) is 0 Å². The molecule has 0 aromatic heterocycles. The van der Waals surface area contributed by atoms with Crippen LogP contribution in [0.4, 0.5) is 4.79 Å². The molecule has 25 heavy (non-hydrogen) atoms. The molecule has 1 aliphatic rings. The Kier molecular flexibility index (Phi) is 6.16. The van der Waals surface area contributed by atoms with Crippen LogP contribution in [-0.4, -0.2) is 48.9 Å². The molecule has 6 nitrogen and oxygen atoms in total. The van der Waals surface area contributed by atoms with Gasteiger partial charge in [0.05, 0.1) is 17.7 Å². The maximum absolute atomic E-state index is 12.1. The van der Waals surface area contributed by atoms with Crippen molar-refractivity contribution in [1.29, 1.82) is 0 Å². The van der Waals surface area contributed by atoms with E-state index in [0.717, 1.165) is 0 Å². The zero-order chi connectivity index (χ0) is 18.6. The van der Waals surface area contributed by atoms with Gasteiger partial charge < -0.3 is 19.1 Å². The number of piperidine rings is 1. The number of carbonyl (C=O) groups is 2. The van der Waals surface area contributed by atoms with Gasteiger partial charge in [-0.3, -0.25) is 0 Å². The molecule has 1 saturated heterocycles. The Balaban J connectivity index is 1.89. The molecule has 1 fully saturated rings. The van der Waals surface area contributed by atoms with E-state index in [1.807, 2.05) is 20.8 Å². The van der Waals surface area contributed by atoms with Crippen molar-refractivity contribution in [2.24, 2.45) is 0 Å². The SMILES string of the molecule is COC(=O)c1ccc(OC2CCN(C(=O)OC(C)(C)C)CC2)cc1Cl. The molecule has 1 heterocycles. The lowest BCUT2D eigenvalue weighted by Crippen LogP contribution is -2.44. The van der Waals surface area contributed by atoms with Crippen LogP contribution in [0.15, 0.2) is 18.2 Å². The third-order valence-electron chi connectivity index (χ3n) is 3.74. The number of methoxy groups -OCH3 is 1. The van der Waals surface area contributed by atoms with Gasteiger partial charge in [-0.05, 0) is 39.0 Å². The van der Waals surface area contributed by atoms with Crippen LogP contribution in [-0.2, 0) is 9.47 Å². The summed E-state index contributed by atoms with van der Waals surface area (Å²) in [6.45, 7) is 6.70. The zero-order valence-electron chi connectivity index (χ0n) is 15.0. The molecule has 0 atom stereocenters. The first-order chi connectivity index (χ1) is 11.7. The second-order valence-corrected chi connectivity index (χ2v) is 7.33. The summed E-state index contributed by atoms with van der Waals surface area (Å²) >= 11 is 6.10. The van der Waals surface area contributed by atoms with Gasteiger partial charge >= 0.3 is 12.1 Å². The molecule has 0 saturated carbocycles. The van der Waals surface area contributed by atoms with Crippen LogP contribution in [0.2, 0.25) is 5.02 Å². The summed E-state index contributed by atoms with van der Waals surface area (Å²) in [5.41, 5.74) is -0.195. The highest BCUT2D eigenvalue weighted by molar-refractivity contribution is 6.33. The minimum absolute atomic E-state index is 0.0151. The third kappa shape index (κ3) is 5.53. The Labute approximate surface area is 153 Å². The third-order valence-corrected chi connectivity index (χ3v) is 4.05. The van der Waals surface area contributed by atoms with Gasteiger partial charge in [-0.2, -0.15) is 0 Å². The molecule has 138 valence electrons. The Morgan fingerprint density at radius 1 is 1.20 bits per heavy atom. The van der Waals surface area contributed by atoms with Crippen LogP contribution >= 0.6 is 11.6 Å². The maximum atomic E-state index is 12.1. The molecule has 1 amide bonds. The van der Waals surface area contributed by atoms with Gasteiger partial charge in [0.1, 0.15) is 17.5 Å². The summed E-state index contributed by atoms with van der Waals surface area (Å²) in [4.78, 5) is 25.3. The van der Waals surface area contributed by atoms with Crippen LogP contribution in [0.25, 0.3) is 0 Å². The second kappa shape index (κ2) is 7.95. The maximum Gasteiger partial charge on any atom is 0.410 e. The quantitative estimate of drug-likeness (QED) is 0.756. The van der Waals surface area contributed by atoms with Crippen molar-refractivity contribution >= 4 is 23.7 Å². The van der Waals surface area contributed by atoms with E-state index in [1.165, 1.54) is 7.11 Å². The first-order valence-corrected chi connectivity index (χ1v) is 8.60. The van der Waals surface area contributed by atoms with Crippen LogP contribution in [0.1, 0.15) is 44.0 Å². The standard InChI is InChI=1S/C18H24ClNO5/c1-18(2,3)25-17(22)20-9-7-12(8-10-20)24-13-5-6-14(15(19)11-13)16(21)23-4/h5-6,11-12H,7-10H2,1-4H3. The van der Waals surface area contributed by atoms with E-state index in [-0.39, 0.29) is 17.2 Å². The molecule has 1 aliphatic heterocycles. The average molecular weight is 370 g/mol. The topological polar surface area (TPSA) is 65.1 Å². The highest BCUT2D eigenvalue weighted by Gasteiger charge is 2.27. The minimum Gasteiger partial charge on any atom is -0.490 e. The fourth-order valence-electron chi connectivity index (χ4n) is 2.52. The zero-order valence-corrected chi connectivity index (χ0v) is 15.8. The van der Waals surface area contributed by atoms with Crippen molar-refractivity contribution in [3.05, 3.63) is 28.8 Å². The van der Waals surface area contributed by atoms with E-state index in [4.69, 9.17) is 21.1 Å². The van der Waals surface area contributed by atoms with Gasteiger partial charge in [0, 0.05) is 25.9 Å². The highest BCUT2D eigenvalue weighted by Crippen LogP contribution is 2.26. The molecule has 0 N–H and O–H groups in total. The Bertz CT molecular complexity index is 633. The van der Waals surface area contributed by atoms with E-state index in [2.05, 4.69) is 4.74 Å². The molecule has 1 aromatic carbocycles. The Morgan fingerprint density at radius 3 is 2.36 bits per heavy atom. The smallest absolute Gasteiger partial charge is 0.410 e. The summed E-state index contributed by atoms with van der Waals surface area (Å²) in [5, 5.41) is 0.288. The van der Waals surface area contributed by atoms with Gasteiger partial charge in [0.15, 0.2) is 0 Å². The van der Waals surface area contributed by atoms with Crippen molar-refractivity contribution in [3.8, 4) is 5.75 Å². The van der Waals surface area contributed by atoms with Gasteiger partial charge in [0.2, 0.25) is 0 Å². The number of nitrogens with zero attached hydrogens (tertiary/aromatic N) is 1. The molecule has 0 radical (unpaired) electrons. The largest absolute Gasteiger partial charge is 0.490 e. The molecule has 7 heteroatoms. The molecule has 0 bridgehead atoms. The van der Waals surface area contributed by atoms with Crippen molar-refractivity contribution in [1.82, 2.24) is 4.90 Å². The van der Waals surface area contributed by atoms with Crippen LogP contribution in [0.5, 0.6) is 5.75 Å². The fraction of sp³-hybridized carbons (Fsp3) is 0.556. The summed E-state index contributed by atoms with van der Waals surface area (Å²) in [5.74, 6) is 0.107. The van der Waals surface area contributed by atoms with Gasteiger partial charge in [0.25, 0.3) is 0 Å². The Hall–Kier alpha value is -1.95. The number of likely N-dealkylation sites (tertiary alicyclic amines) is 1. The number of ether oxygens (including phenoxy) is 3. The summed E-state index contributed by atoms with van der Waals surface area (Å²) in [6, 6.07) is 4.88. The summed E-state index contributed by atoms with van der Waals surface area (Å²) in [7, 11) is 1.31. The number of hydrogen-bond donors (Lipinski definition) is 0. The summed E-state index contributed by atoms with van der Waals surface area (Å²) < 4.78 is 16.0. The normalized spacial score (nSPS) is 15.6. The molecular formula is C18H24ClNO5. The van der Waals surface area contributed by atoms with E-state index in [0.29, 0.717) is 37.2 Å². The first-order valence-electron chi connectivity index (χ1n) is 8.22. The summed E-state index contributed by atoms with van der Waals surface area (Å²) in [6.07, 6.45) is 1.10. The van der Waals surface area contributed by atoms with Gasteiger partial charge in [-0.1, -0.05) is 11.6 Å². The van der Waals surface area contributed by atoms with E-state index < -0.39 is 11.6 Å². The molecule has 2 rings (SSSR count). The lowest BCUT2D eigenvalue weighted by atomic mass is 10.1. The van der Waals surface area contributed by atoms with Crippen molar-refractivity contribution < 1.29 is 23.8 Å². The number of rotatable bonds is 3. The number of amides is 1. The highest BCUT2D eigenvalue weighted by atomic mass is 35.5. The van der Waals surface area contributed by atoms with Gasteiger partial charge in [-0.25, -0.2) is 9.59 Å². The van der Waals surface area contributed by atoms with E-state index >= 15 is 0 Å². The number of carbonyl (C=O) groups excluding carboxylic acids is 2. The number of hydrogen-bond acceptors (Lipinski definition) is 5. The predicted molar refractivity (Wildman–Crippen MR) is 94.2 cm³/mol. The van der Waals surface area contributed by atoms with Gasteiger partial charge in [-0.15, -0.1) is 0 Å². The number of benzene rings is 1. The Morgan fingerprint density at radius 2 is 1.84 bits per heavy atom. The molecule has 0 spiro atoms. The number of esters is 1. The lowest BCUT2D eigenvalue weighted by Gasteiger charge is -2.33. The average Bonchev–Trinajstić information content (AvgIpc) is 2.53. The van der Waals surface area contributed by atoms with Crippen molar-refractivity contribution in [3.63, 3.8) is 0 Å². The van der Waals surface area contributed by atoms with E-state index in [1.54, 1.807) is 23.1 Å². The van der Waals surface area contributed by atoms with Crippen LogP contribution in [0, 0.1) is 0 Å². The second-order valence-electron chi connectivity index (χ2n) is 6.92. The molecule has 1 aromatic rings. The number of halogens is 1. The molecule has 0 unspecified atom stereocenters. The fourth-order valence-corrected chi connectivity index (χ4v) is 2.77. The minimum atomic E-state index is -0.497. The predicted octanol–water partition coefficient (Wildman–Crippen LogP) is 3.90. The lowest BCUT2D eigenvalue weighted by molar-refractivity contribution is 0.0126. The van der Waals surface area contributed by atoms with E-state index in [9.17, 15) is 9.59 Å².